The minimum atomic E-state index is -0.611. The van der Waals surface area contributed by atoms with E-state index in [4.69, 9.17) is 4.74 Å². The van der Waals surface area contributed by atoms with Gasteiger partial charge in [-0.3, -0.25) is 4.79 Å². The Kier molecular flexibility index (Phi) is 7.40. The normalized spacial score (nSPS) is 15.3. The molecule has 170 valence electrons. The van der Waals surface area contributed by atoms with E-state index in [2.05, 4.69) is 46.6 Å². The average Bonchev–Trinajstić information content (AvgIpc) is 3.34. The molecule has 1 amide bonds. The van der Waals surface area contributed by atoms with Gasteiger partial charge in [-0.1, -0.05) is 25.1 Å². The lowest BCUT2D eigenvalue weighted by Gasteiger charge is -2.29. The molecule has 0 saturated carbocycles. The number of rotatable bonds is 7. The van der Waals surface area contributed by atoms with Gasteiger partial charge in [0.25, 0.3) is 5.91 Å². The van der Waals surface area contributed by atoms with Gasteiger partial charge in [-0.25, -0.2) is 0 Å². The number of hydrogen-bond acceptors (Lipinski definition) is 6. The standard InChI is InChI=1S/C26H27N3O3S/c1-2-23(30)17-28-26(31)21(16-27)15-24-7-8-25(33-24)20-4-3-19-14-22(6-5-18(19)13-20)29-9-11-32-12-10-29/h3-8,13-15,23,30H,2,9-12,17H2,1H3,(H,28,31)/b21-15+. The number of aliphatic hydroxyl groups is 1. The summed E-state index contributed by atoms with van der Waals surface area (Å²) < 4.78 is 5.45. The Hall–Kier alpha value is -3.18. The number of amides is 1. The van der Waals surface area contributed by atoms with Gasteiger partial charge < -0.3 is 20.1 Å². The lowest BCUT2D eigenvalue weighted by Crippen LogP contribution is -2.36. The lowest BCUT2D eigenvalue weighted by atomic mass is 10.0. The highest BCUT2D eigenvalue weighted by Crippen LogP contribution is 2.32. The number of fused-ring (bicyclic) bond motifs is 1. The van der Waals surface area contributed by atoms with Gasteiger partial charge >= 0.3 is 0 Å². The first-order valence-electron chi connectivity index (χ1n) is 11.1. The van der Waals surface area contributed by atoms with Crippen molar-refractivity contribution in [2.24, 2.45) is 0 Å². The minimum Gasteiger partial charge on any atom is -0.391 e. The molecule has 2 aromatic carbocycles. The smallest absolute Gasteiger partial charge is 0.262 e. The maximum Gasteiger partial charge on any atom is 0.262 e. The maximum atomic E-state index is 12.2. The Labute approximate surface area is 197 Å². The summed E-state index contributed by atoms with van der Waals surface area (Å²) >= 11 is 1.53. The number of nitrogens with zero attached hydrogens (tertiary/aromatic N) is 2. The summed E-state index contributed by atoms with van der Waals surface area (Å²) in [4.78, 5) is 16.5. The second kappa shape index (κ2) is 10.6. The fraction of sp³-hybridized carbons (Fsp3) is 0.308. The average molecular weight is 462 g/mol. The molecule has 1 fully saturated rings. The number of hydrogen-bond donors (Lipinski definition) is 2. The molecule has 0 bridgehead atoms. The molecule has 1 unspecified atom stereocenters. The number of benzene rings is 2. The van der Waals surface area contributed by atoms with E-state index in [0.29, 0.717) is 6.42 Å². The van der Waals surface area contributed by atoms with Crippen LogP contribution in [0.3, 0.4) is 0 Å². The molecule has 0 spiro atoms. The molecule has 0 aliphatic carbocycles. The number of carbonyl (C=O) groups is 1. The van der Waals surface area contributed by atoms with E-state index in [9.17, 15) is 15.2 Å². The quantitative estimate of drug-likeness (QED) is 0.407. The third-order valence-corrected chi connectivity index (χ3v) is 6.81. The molecule has 2 heterocycles. The van der Waals surface area contributed by atoms with Crippen molar-refractivity contribution in [3.63, 3.8) is 0 Å². The first-order valence-corrected chi connectivity index (χ1v) is 11.9. The summed E-state index contributed by atoms with van der Waals surface area (Å²) in [5, 5.41) is 24.0. The van der Waals surface area contributed by atoms with Gasteiger partial charge in [0.2, 0.25) is 0 Å². The second-order valence-corrected chi connectivity index (χ2v) is 9.10. The molecule has 1 aliphatic rings. The minimum absolute atomic E-state index is 0.0286. The van der Waals surface area contributed by atoms with E-state index in [1.807, 2.05) is 25.1 Å². The van der Waals surface area contributed by atoms with E-state index in [0.717, 1.165) is 41.6 Å². The molecule has 6 nitrogen and oxygen atoms in total. The molecule has 1 aliphatic heterocycles. The van der Waals surface area contributed by atoms with Crippen molar-refractivity contribution in [1.29, 1.82) is 5.26 Å². The molecule has 1 atom stereocenters. The fourth-order valence-electron chi connectivity index (χ4n) is 3.73. The zero-order valence-electron chi connectivity index (χ0n) is 18.6. The van der Waals surface area contributed by atoms with Crippen LogP contribution in [0, 0.1) is 11.3 Å². The van der Waals surface area contributed by atoms with Crippen molar-refractivity contribution < 1.29 is 14.6 Å². The first kappa shape index (κ1) is 23.0. The van der Waals surface area contributed by atoms with Gasteiger partial charge in [0.05, 0.1) is 19.3 Å². The van der Waals surface area contributed by atoms with Crippen LogP contribution < -0.4 is 10.2 Å². The SMILES string of the molecule is CCC(O)CNC(=O)/C(C#N)=C/c1ccc(-c2ccc3cc(N4CCOCC4)ccc3c2)s1. The number of thiophene rings is 1. The van der Waals surface area contributed by atoms with Crippen LogP contribution in [0.4, 0.5) is 5.69 Å². The number of anilines is 1. The number of aliphatic hydroxyl groups excluding tert-OH is 1. The van der Waals surface area contributed by atoms with Crippen LogP contribution in [0.15, 0.2) is 54.1 Å². The molecule has 1 saturated heterocycles. The van der Waals surface area contributed by atoms with Gasteiger partial charge in [0.15, 0.2) is 0 Å². The zero-order chi connectivity index (χ0) is 23.2. The van der Waals surface area contributed by atoms with Crippen molar-refractivity contribution in [2.45, 2.75) is 19.4 Å². The van der Waals surface area contributed by atoms with Crippen molar-refractivity contribution in [3.8, 4) is 16.5 Å². The van der Waals surface area contributed by atoms with E-state index in [-0.39, 0.29) is 12.1 Å². The predicted octanol–water partition coefficient (Wildman–Crippen LogP) is 4.20. The summed E-state index contributed by atoms with van der Waals surface area (Å²) in [5.74, 6) is -0.471. The highest BCUT2D eigenvalue weighted by molar-refractivity contribution is 7.16. The predicted molar refractivity (Wildman–Crippen MR) is 133 cm³/mol. The highest BCUT2D eigenvalue weighted by Gasteiger charge is 2.13. The van der Waals surface area contributed by atoms with Crippen molar-refractivity contribution in [2.75, 3.05) is 37.7 Å². The Morgan fingerprint density at radius 1 is 1.21 bits per heavy atom. The van der Waals surface area contributed by atoms with Crippen molar-refractivity contribution >= 4 is 39.8 Å². The van der Waals surface area contributed by atoms with Gasteiger partial charge in [-0.2, -0.15) is 5.26 Å². The van der Waals surface area contributed by atoms with Crippen molar-refractivity contribution in [1.82, 2.24) is 5.32 Å². The van der Waals surface area contributed by atoms with Crippen LogP contribution in [0.2, 0.25) is 0 Å². The summed E-state index contributed by atoms with van der Waals surface area (Å²) in [6.07, 6.45) is 1.53. The topological polar surface area (TPSA) is 85.6 Å². The lowest BCUT2D eigenvalue weighted by molar-refractivity contribution is -0.117. The molecule has 3 aromatic rings. The Bertz CT molecular complexity index is 1200. The molecule has 1 aromatic heterocycles. The molecule has 4 rings (SSSR count). The number of ether oxygens (including phenoxy) is 1. The number of nitrogens with one attached hydrogen (secondary N) is 1. The Morgan fingerprint density at radius 2 is 1.97 bits per heavy atom. The van der Waals surface area contributed by atoms with Gasteiger partial charge in [0, 0.05) is 35.1 Å². The molecule has 7 heteroatoms. The van der Waals surface area contributed by atoms with E-state index >= 15 is 0 Å². The van der Waals surface area contributed by atoms with E-state index in [1.165, 1.54) is 27.8 Å². The fourth-order valence-corrected chi connectivity index (χ4v) is 4.68. The van der Waals surface area contributed by atoms with E-state index < -0.39 is 12.0 Å². The third-order valence-electron chi connectivity index (χ3n) is 5.73. The molecular weight excluding hydrogens is 434 g/mol. The van der Waals surface area contributed by atoms with Crippen molar-refractivity contribution in [3.05, 3.63) is 59.0 Å². The summed E-state index contributed by atoms with van der Waals surface area (Å²) in [7, 11) is 0. The van der Waals surface area contributed by atoms with Gasteiger partial charge in [-0.15, -0.1) is 11.3 Å². The highest BCUT2D eigenvalue weighted by atomic mass is 32.1. The summed E-state index contributed by atoms with van der Waals surface area (Å²) in [6.45, 7) is 5.33. The van der Waals surface area contributed by atoms with Crippen LogP contribution in [0.1, 0.15) is 18.2 Å². The second-order valence-electron chi connectivity index (χ2n) is 7.99. The number of carbonyl (C=O) groups excluding carboxylic acids is 1. The van der Waals surface area contributed by atoms with Crippen LogP contribution >= 0.6 is 11.3 Å². The van der Waals surface area contributed by atoms with E-state index in [1.54, 1.807) is 6.08 Å². The Morgan fingerprint density at radius 3 is 2.73 bits per heavy atom. The summed E-state index contributed by atoms with van der Waals surface area (Å²) in [5.41, 5.74) is 2.34. The molecular formula is C26H27N3O3S. The molecule has 2 N–H and O–H groups in total. The monoisotopic (exact) mass is 461 g/mol. The van der Waals surface area contributed by atoms with Crippen LogP contribution in [-0.2, 0) is 9.53 Å². The maximum absolute atomic E-state index is 12.2. The number of nitriles is 1. The van der Waals surface area contributed by atoms with Gasteiger partial charge in [0.1, 0.15) is 11.6 Å². The third kappa shape index (κ3) is 5.60. The molecule has 33 heavy (non-hydrogen) atoms. The Balaban J connectivity index is 1.51. The largest absolute Gasteiger partial charge is 0.391 e. The van der Waals surface area contributed by atoms with Crippen LogP contribution in [0.25, 0.3) is 27.3 Å². The summed E-state index contributed by atoms with van der Waals surface area (Å²) in [6, 6.07) is 18.8. The molecule has 0 radical (unpaired) electrons. The zero-order valence-corrected chi connectivity index (χ0v) is 19.4. The number of morpholine rings is 1. The van der Waals surface area contributed by atoms with Gasteiger partial charge in [-0.05, 0) is 59.2 Å². The van der Waals surface area contributed by atoms with Crippen LogP contribution in [0.5, 0.6) is 0 Å². The first-order chi connectivity index (χ1) is 16.1. The van der Waals surface area contributed by atoms with Crippen LogP contribution in [-0.4, -0.2) is 50.0 Å².